The summed E-state index contributed by atoms with van der Waals surface area (Å²) < 4.78 is 26.3. The monoisotopic (exact) mass is 414 g/mol. The van der Waals surface area contributed by atoms with Gasteiger partial charge in [0.05, 0.1) is 16.3 Å². The van der Waals surface area contributed by atoms with Crippen LogP contribution in [-0.2, 0) is 16.4 Å². The van der Waals surface area contributed by atoms with Crippen molar-refractivity contribution in [2.45, 2.75) is 45.1 Å². The van der Waals surface area contributed by atoms with Crippen LogP contribution in [0.15, 0.2) is 47.4 Å². The Bertz CT molecular complexity index is 1160. The molecule has 6 nitrogen and oxygen atoms in total. The number of amides is 1. The first kappa shape index (κ1) is 20.9. The smallest absolute Gasteiger partial charge is 0.272 e. The predicted octanol–water partition coefficient (Wildman–Crippen LogP) is 4.50. The van der Waals surface area contributed by atoms with Crippen molar-refractivity contribution in [3.63, 3.8) is 0 Å². The number of unbranched alkanes of at least 4 members (excludes halogenated alkanes) is 1. The number of phenols is 1. The number of phenolic OH excluding ortho intramolecular Hbond substituents is 1. The van der Waals surface area contributed by atoms with Gasteiger partial charge in [0, 0.05) is 17.4 Å². The highest BCUT2D eigenvalue weighted by Gasteiger charge is 2.22. The SMILES string of the molecule is CCCCn1c(C(=O)Nc2cc(S(=O)(=O)CC)ccc2O)c(C)c2ccccc21. The maximum absolute atomic E-state index is 13.2. The molecule has 2 aromatic carbocycles. The summed E-state index contributed by atoms with van der Waals surface area (Å²) in [5.41, 5.74) is 2.43. The molecule has 0 saturated heterocycles. The van der Waals surface area contributed by atoms with Crippen LogP contribution in [0, 0.1) is 6.92 Å². The number of hydrogen-bond donors (Lipinski definition) is 2. The number of benzene rings is 2. The van der Waals surface area contributed by atoms with Crippen molar-refractivity contribution in [1.82, 2.24) is 4.57 Å². The van der Waals surface area contributed by atoms with Crippen LogP contribution in [0.3, 0.4) is 0 Å². The highest BCUT2D eigenvalue weighted by atomic mass is 32.2. The van der Waals surface area contributed by atoms with Crippen molar-refractivity contribution in [2.24, 2.45) is 0 Å². The highest BCUT2D eigenvalue weighted by Crippen LogP contribution is 2.30. The first-order valence-electron chi connectivity index (χ1n) is 9.75. The predicted molar refractivity (Wildman–Crippen MR) is 115 cm³/mol. The Morgan fingerprint density at radius 2 is 1.86 bits per heavy atom. The number of nitrogens with zero attached hydrogens (tertiary/aromatic N) is 1. The number of aromatic nitrogens is 1. The minimum atomic E-state index is -3.45. The van der Waals surface area contributed by atoms with Crippen molar-refractivity contribution in [3.05, 3.63) is 53.7 Å². The van der Waals surface area contributed by atoms with E-state index in [0.29, 0.717) is 12.2 Å². The molecule has 0 fully saturated rings. The van der Waals surface area contributed by atoms with Gasteiger partial charge in [0.1, 0.15) is 11.4 Å². The molecule has 154 valence electrons. The summed E-state index contributed by atoms with van der Waals surface area (Å²) in [5.74, 6) is -0.617. The molecule has 0 aliphatic rings. The summed E-state index contributed by atoms with van der Waals surface area (Å²) in [6.45, 7) is 6.24. The Morgan fingerprint density at radius 3 is 2.55 bits per heavy atom. The fourth-order valence-electron chi connectivity index (χ4n) is 3.47. The van der Waals surface area contributed by atoms with Crippen LogP contribution in [0.25, 0.3) is 10.9 Å². The third kappa shape index (κ3) is 4.00. The highest BCUT2D eigenvalue weighted by molar-refractivity contribution is 7.91. The Kier molecular flexibility index (Phi) is 5.98. The third-order valence-electron chi connectivity index (χ3n) is 5.13. The summed E-state index contributed by atoms with van der Waals surface area (Å²) >= 11 is 0. The Hall–Kier alpha value is -2.80. The number of anilines is 1. The molecule has 3 rings (SSSR count). The van der Waals surface area contributed by atoms with Crippen molar-refractivity contribution in [2.75, 3.05) is 11.1 Å². The van der Waals surface area contributed by atoms with Crippen LogP contribution < -0.4 is 5.32 Å². The zero-order valence-corrected chi connectivity index (χ0v) is 17.7. The van der Waals surface area contributed by atoms with Crippen molar-refractivity contribution in [3.8, 4) is 5.75 Å². The van der Waals surface area contributed by atoms with Gasteiger partial charge in [-0.15, -0.1) is 0 Å². The largest absolute Gasteiger partial charge is 0.506 e. The molecular formula is C22H26N2O4S. The van der Waals surface area contributed by atoms with E-state index in [0.717, 1.165) is 29.3 Å². The lowest BCUT2D eigenvalue weighted by atomic mass is 10.1. The number of fused-ring (bicyclic) bond motifs is 1. The van der Waals surface area contributed by atoms with Gasteiger partial charge in [-0.2, -0.15) is 0 Å². The van der Waals surface area contributed by atoms with Crippen LogP contribution in [0.2, 0.25) is 0 Å². The number of carbonyl (C=O) groups excluding carboxylic acids is 1. The van der Waals surface area contributed by atoms with E-state index in [2.05, 4.69) is 12.2 Å². The molecule has 0 saturated carbocycles. The molecule has 0 atom stereocenters. The van der Waals surface area contributed by atoms with Crippen LogP contribution in [0.1, 0.15) is 42.7 Å². The van der Waals surface area contributed by atoms with E-state index in [1.807, 2.05) is 35.8 Å². The van der Waals surface area contributed by atoms with Gasteiger partial charge in [-0.25, -0.2) is 8.42 Å². The van der Waals surface area contributed by atoms with E-state index >= 15 is 0 Å². The van der Waals surface area contributed by atoms with Gasteiger partial charge < -0.3 is 15.0 Å². The van der Waals surface area contributed by atoms with Crippen LogP contribution >= 0.6 is 0 Å². The summed E-state index contributed by atoms with van der Waals surface area (Å²) in [6, 6.07) is 11.8. The third-order valence-corrected chi connectivity index (χ3v) is 6.86. The van der Waals surface area contributed by atoms with Gasteiger partial charge in [-0.1, -0.05) is 38.5 Å². The molecule has 29 heavy (non-hydrogen) atoms. The zero-order valence-electron chi connectivity index (χ0n) is 16.9. The molecule has 3 aromatic rings. The molecule has 0 radical (unpaired) electrons. The van der Waals surface area contributed by atoms with Gasteiger partial charge in [0.15, 0.2) is 9.84 Å². The van der Waals surface area contributed by atoms with E-state index in [1.54, 1.807) is 6.92 Å². The van der Waals surface area contributed by atoms with Crippen LogP contribution in [-0.4, -0.2) is 29.8 Å². The minimum Gasteiger partial charge on any atom is -0.506 e. The Morgan fingerprint density at radius 1 is 1.14 bits per heavy atom. The lowest BCUT2D eigenvalue weighted by Crippen LogP contribution is -2.19. The number of aromatic hydroxyl groups is 1. The maximum atomic E-state index is 13.2. The first-order chi connectivity index (χ1) is 13.8. The summed E-state index contributed by atoms with van der Waals surface area (Å²) in [7, 11) is -3.45. The number of para-hydroxylation sites is 1. The number of hydrogen-bond acceptors (Lipinski definition) is 4. The molecule has 1 amide bonds. The van der Waals surface area contributed by atoms with Gasteiger partial charge in [-0.05, 0) is 43.2 Å². The number of nitrogens with one attached hydrogen (secondary N) is 1. The number of carbonyl (C=O) groups is 1. The lowest BCUT2D eigenvalue weighted by molar-refractivity contribution is 0.101. The molecule has 7 heteroatoms. The average Bonchev–Trinajstić information content (AvgIpc) is 3.00. The fourth-order valence-corrected chi connectivity index (χ4v) is 4.38. The van der Waals surface area contributed by atoms with Crippen molar-refractivity contribution >= 4 is 32.3 Å². The van der Waals surface area contributed by atoms with Gasteiger partial charge >= 0.3 is 0 Å². The number of sulfone groups is 1. The average molecular weight is 415 g/mol. The van der Waals surface area contributed by atoms with E-state index < -0.39 is 9.84 Å². The first-order valence-corrected chi connectivity index (χ1v) is 11.4. The van der Waals surface area contributed by atoms with Gasteiger partial charge in [-0.3, -0.25) is 4.79 Å². The Labute approximate surface area is 171 Å². The second kappa shape index (κ2) is 8.29. The number of rotatable bonds is 7. The molecule has 0 bridgehead atoms. The molecule has 0 unspecified atom stereocenters. The van der Waals surface area contributed by atoms with Crippen molar-refractivity contribution in [1.29, 1.82) is 0 Å². The quantitative estimate of drug-likeness (QED) is 0.557. The molecule has 1 aromatic heterocycles. The summed E-state index contributed by atoms with van der Waals surface area (Å²) in [4.78, 5) is 13.2. The molecule has 0 spiro atoms. The summed E-state index contributed by atoms with van der Waals surface area (Å²) in [6.07, 6.45) is 1.91. The molecular weight excluding hydrogens is 388 g/mol. The molecule has 0 aliphatic carbocycles. The maximum Gasteiger partial charge on any atom is 0.272 e. The van der Waals surface area contributed by atoms with Crippen LogP contribution in [0.5, 0.6) is 5.75 Å². The molecule has 0 aliphatic heterocycles. The van der Waals surface area contributed by atoms with E-state index in [9.17, 15) is 18.3 Å². The second-order valence-corrected chi connectivity index (χ2v) is 9.31. The molecule has 2 N–H and O–H groups in total. The van der Waals surface area contributed by atoms with Crippen molar-refractivity contribution < 1.29 is 18.3 Å². The standard InChI is InChI=1S/C22H26N2O4S/c1-4-6-13-24-19-10-8-7-9-17(19)15(3)21(24)22(26)23-18-14-16(11-12-20(18)25)29(27,28)5-2/h7-12,14,25H,4-6,13H2,1-3H3,(H,23,26). The lowest BCUT2D eigenvalue weighted by Gasteiger charge is -2.13. The fraction of sp³-hybridized carbons (Fsp3) is 0.318. The normalized spacial score (nSPS) is 11.7. The van der Waals surface area contributed by atoms with E-state index in [1.165, 1.54) is 18.2 Å². The molecule has 1 heterocycles. The van der Waals surface area contributed by atoms with Crippen LogP contribution in [0.4, 0.5) is 5.69 Å². The Balaban J connectivity index is 2.05. The van der Waals surface area contributed by atoms with E-state index in [-0.39, 0.29) is 28.0 Å². The van der Waals surface area contributed by atoms with Gasteiger partial charge in [0.25, 0.3) is 5.91 Å². The summed E-state index contributed by atoms with van der Waals surface area (Å²) in [5, 5.41) is 13.9. The topological polar surface area (TPSA) is 88.4 Å². The zero-order chi connectivity index (χ0) is 21.2. The van der Waals surface area contributed by atoms with Gasteiger partial charge in [0.2, 0.25) is 0 Å². The second-order valence-electron chi connectivity index (χ2n) is 7.03. The van der Waals surface area contributed by atoms with E-state index in [4.69, 9.17) is 0 Å². The number of aryl methyl sites for hydroxylation is 2. The minimum absolute atomic E-state index is 0.0600.